The van der Waals surface area contributed by atoms with E-state index < -0.39 is 10.0 Å². The summed E-state index contributed by atoms with van der Waals surface area (Å²) >= 11 is 0. The topological polar surface area (TPSA) is 88.5 Å². The lowest BCUT2D eigenvalue weighted by Crippen LogP contribution is -2.49. The summed E-state index contributed by atoms with van der Waals surface area (Å²) in [6.07, 6.45) is 1.72. The zero-order valence-corrected chi connectivity index (χ0v) is 17.7. The molecule has 0 radical (unpaired) electrons. The summed E-state index contributed by atoms with van der Waals surface area (Å²) in [6, 6.07) is 14.5. The number of sulfonamides is 1. The van der Waals surface area contributed by atoms with E-state index in [1.165, 1.54) is 11.4 Å². The summed E-state index contributed by atoms with van der Waals surface area (Å²) in [5.41, 5.74) is 2.41. The van der Waals surface area contributed by atoms with Gasteiger partial charge in [0.1, 0.15) is 16.3 Å². The van der Waals surface area contributed by atoms with Crippen LogP contribution in [0.4, 0.5) is 5.82 Å². The minimum atomic E-state index is -3.63. The van der Waals surface area contributed by atoms with Crippen molar-refractivity contribution in [1.29, 1.82) is 0 Å². The molecule has 0 amide bonds. The van der Waals surface area contributed by atoms with Crippen LogP contribution < -0.4 is 9.64 Å². The molecule has 0 bridgehead atoms. The van der Waals surface area contributed by atoms with Crippen molar-refractivity contribution < 1.29 is 13.2 Å². The number of pyridine rings is 1. The lowest BCUT2D eigenvalue weighted by molar-refractivity contribution is 0.373. The molecule has 9 heteroatoms. The number of aromatic nitrogens is 3. The van der Waals surface area contributed by atoms with Crippen molar-refractivity contribution >= 4 is 15.8 Å². The Balaban J connectivity index is 1.46. The van der Waals surface area contributed by atoms with Crippen molar-refractivity contribution in [1.82, 2.24) is 19.5 Å². The van der Waals surface area contributed by atoms with E-state index in [1.807, 2.05) is 42.2 Å². The number of hydrogen-bond acceptors (Lipinski definition) is 7. The van der Waals surface area contributed by atoms with E-state index in [0.29, 0.717) is 37.6 Å². The minimum Gasteiger partial charge on any atom is -0.495 e. The van der Waals surface area contributed by atoms with Gasteiger partial charge in [-0.15, -0.1) is 10.2 Å². The number of anilines is 1. The van der Waals surface area contributed by atoms with Crippen LogP contribution in [0, 0.1) is 6.92 Å². The van der Waals surface area contributed by atoms with Crippen LogP contribution in [0.2, 0.25) is 0 Å². The second kappa shape index (κ2) is 8.37. The fraction of sp³-hybridized carbons (Fsp3) is 0.286. The molecule has 0 spiro atoms. The summed E-state index contributed by atoms with van der Waals surface area (Å²) in [4.78, 5) is 6.51. The first-order valence-electron chi connectivity index (χ1n) is 9.64. The van der Waals surface area contributed by atoms with Gasteiger partial charge in [-0.1, -0.05) is 12.1 Å². The van der Waals surface area contributed by atoms with E-state index in [0.717, 1.165) is 17.1 Å². The fourth-order valence-electron chi connectivity index (χ4n) is 3.43. The molecule has 0 unspecified atom stereocenters. The highest BCUT2D eigenvalue weighted by Gasteiger charge is 2.31. The number of rotatable bonds is 5. The SMILES string of the molecule is COc1cc(C)ccc1S(=O)(=O)N1CCN(c2ccc(-c3ccccn3)nn2)CC1. The number of aryl methyl sites for hydroxylation is 1. The molecule has 8 nitrogen and oxygen atoms in total. The molecule has 1 aromatic carbocycles. The molecule has 0 aliphatic carbocycles. The lowest BCUT2D eigenvalue weighted by Gasteiger charge is -2.34. The number of methoxy groups -OCH3 is 1. The minimum absolute atomic E-state index is 0.198. The van der Waals surface area contributed by atoms with Crippen LogP contribution in [0.3, 0.4) is 0 Å². The first kappa shape index (κ1) is 20.2. The average Bonchev–Trinajstić information content (AvgIpc) is 2.79. The number of nitrogens with zero attached hydrogens (tertiary/aromatic N) is 5. The van der Waals surface area contributed by atoms with Gasteiger partial charge < -0.3 is 9.64 Å². The third-order valence-corrected chi connectivity index (χ3v) is 7.02. The van der Waals surface area contributed by atoms with Gasteiger partial charge in [0.15, 0.2) is 5.82 Å². The summed E-state index contributed by atoms with van der Waals surface area (Å²) < 4.78 is 33.0. The monoisotopic (exact) mass is 425 g/mol. The number of hydrogen-bond donors (Lipinski definition) is 0. The van der Waals surface area contributed by atoms with Crippen molar-refractivity contribution in [3.05, 3.63) is 60.3 Å². The largest absolute Gasteiger partial charge is 0.495 e. The molecule has 156 valence electrons. The first-order chi connectivity index (χ1) is 14.5. The van der Waals surface area contributed by atoms with E-state index in [2.05, 4.69) is 15.2 Å². The van der Waals surface area contributed by atoms with Crippen molar-refractivity contribution in [2.24, 2.45) is 0 Å². The standard InChI is InChI=1S/C21H23N5O3S/c1-16-6-8-20(19(15-16)29-2)30(27,28)26-13-11-25(12-14-26)21-9-7-18(23-24-21)17-5-3-4-10-22-17/h3-10,15H,11-14H2,1-2H3. The Bertz CT molecular complexity index is 1110. The smallest absolute Gasteiger partial charge is 0.246 e. The Morgan fingerprint density at radius 2 is 1.73 bits per heavy atom. The average molecular weight is 426 g/mol. The van der Waals surface area contributed by atoms with Crippen LogP contribution in [0.15, 0.2) is 59.6 Å². The lowest BCUT2D eigenvalue weighted by atomic mass is 10.2. The van der Waals surface area contributed by atoms with Crippen LogP contribution in [-0.2, 0) is 10.0 Å². The summed E-state index contributed by atoms with van der Waals surface area (Å²) in [5.74, 6) is 1.09. The van der Waals surface area contributed by atoms with Crippen molar-refractivity contribution in [2.75, 3.05) is 38.2 Å². The zero-order chi connectivity index (χ0) is 21.1. The molecule has 0 atom stereocenters. The van der Waals surface area contributed by atoms with E-state index in [4.69, 9.17) is 4.74 Å². The molecular weight excluding hydrogens is 402 g/mol. The Labute approximate surface area is 176 Å². The van der Waals surface area contributed by atoms with E-state index in [-0.39, 0.29) is 4.90 Å². The van der Waals surface area contributed by atoms with Crippen LogP contribution in [0.5, 0.6) is 5.75 Å². The summed E-state index contributed by atoms with van der Waals surface area (Å²) in [7, 11) is -2.15. The molecule has 30 heavy (non-hydrogen) atoms. The fourth-order valence-corrected chi connectivity index (χ4v) is 4.99. The van der Waals surface area contributed by atoms with Crippen LogP contribution in [-0.4, -0.2) is 61.2 Å². The van der Waals surface area contributed by atoms with Gasteiger partial charge in [-0.2, -0.15) is 4.31 Å². The van der Waals surface area contributed by atoms with Gasteiger partial charge >= 0.3 is 0 Å². The quantitative estimate of drug-likeness (QED) is 0.620. The van der Waals surface area contributed by atoms with Gasteiger partial charge in [0.2, 0.25) is 10.0 Å². The molecule has 4 rings (SSSR count). The molecule has 0 saturated carbocycles. The van der Waals surface area contributed by atoms with Gasteiger partial charge in [-0.3, -0.25) is 4.98 Å². The molecule has 0 N–H and O–H groups in total. The number of ether oxygens (including phenoxy) is 1. The van der Waals surface area contributed by atoms with E-state index in [9.17, 15) is 8.42 Å². The Kier molecular flexibility index (Phi) is 5.65. The zero-order valence-electron chi connectivity index (χ0n) is 16.9. The Morgan fingerprint density at radius 1 is 0.933 bits per heavy atom. The third-order valence-electron chi connectivity index (χ3n) is 5.08. The highest BCUT2D eigenvalue weighted by atomic mass is 32.2. The second-order valence-electron chi connectivity index (χ2n) is 7.04. The summed E-state index contributed by atoms with van der Waals surface area (Å²) in [6.45, 7) is 3.69. The van der Waals surface area contributed by atoms with Gasteiger partial charge in [0.25, 0.3) is 0 Å². The third kappa shape index (κ3) is 3.99. The number of benzene rings is 1. The molecule has 3 heterocycles. The van der Waals surface area contributed by atoms with Crippen LogP contribution in [0.1, 0.15) is 5.56 Å². The number of piperazine rings is 1. The maximum Gasteiger partial charge on any atom is 0.246 e. The maximum atomic E-state index is 13.1. The highest BCUT2D eigenvalue weighted by Crippen LogP contribution is 2.29. The van der Waals surface area contributed by atoms with Crippen molar-refractivity contribution in [3.63, 3.8) is 0 Å². The molecule has 3 aromatic rings. The Hall–Kier alpha value is -3.04. The Morgan fingerprint density at radius 3 is 2.37 bits per heavy atom. The molecule has 1 fully saturated rings. The van der Waals surface area contributed by atoms with Crippen LogP contribution in [0.25, 0.3) is 11.4 Å². The van der Waals surface area contributed by atoms with E-state index >= 15 is 0 Å². The highest BCUT2D eigenvalue weighted by molar-refractivity contribution is 7.89. The molecule has 2 aromatic heterocycles. The predicted octanol–water partition coefficient (Wildman–Crippen LogP) is 2.37. The van der Waals surface area contributed by atoms with Crippen molar-refractivity contribution in [3.8, 4) is 17.1 Å². The summed E-state index contributed by atoms with van der Waals surface area (Å²) in [5, 5.41) is 8.58. The predicted molar refractivity (Wildman–Crippen MR) is 114 cm³/mol. The van der Waals surface area contributed by atoms with Gasteiger partial charge in [-0.25, -0.2) is 8.42 Å². The molecule has 1 aliphatic rings. The molecule has 1 aliphatic heterocycles. The second-order valence-corrected chi connectivity index (χ2v) is 8.94. The normalized spacial score (nSPS) is 15.2. The maximum absolute atomic E-state index is 13.1. The van der Waals surface area contributed by atoms with Gasteiger partial charge in [-0.05, 0) is 48.9 Å². The van der Waals surface area contributed by atoms with E-state index in [1.54, 1.807) is 24.4 Å². The van der Waals surface area contributed by atoms with Gasteiger partial charge in [0, 0.05) is 32.4 Å². The first-order valence-corrected chi connectivity index (χ1v) is 11.1. The molecular formula is C21H23N5O3S. The van der Waals surface area contributed by atoms with Gasteiger partial charge in [0.05, 0.1) is 12.8 Å². The van der Waals surface area contributed by atoms with Crippen molar-refractivity contribution in [2.45, 2.75) is 11.8 Å². The molecule has 1 saturated heterocycles. The van der Waals surface area contributed by atoms with Crippen LogP contribution >= 0.6 is 0 Å².